The van der Waals surface area contributed by atoms with Gasteiger partial charge >= 0.3 is 6.03 Å². The topological polar surface area (TPSA) is 123 Å². The van der Waals surface area contributed by atoms with E-state index < -0.39 is 16.1 Å². The van der Waals surface area contributed by atoms with Crippen molar-refractivity contribution in [2.24, 2.45) is 0 Å². The molecular formula is C22H23N5O4S. The summed E-state index contributed by atoms with van der Waals surface area (Å²) in [5, 5.41) is 5.36. The van der Waals surface area contributed by atoms with Crippen LogP contribution in [0.2, 0.25) is 0 Å². The fourth-order valence-corrected chi connectivity index (χ4v) is 4.48. The molecule has 0 aliphatic carbocycles. The minimum atomic E-state index is -3.92. The molecule has 1 aliphatic heterocycles. The van der Waals surface area contributed by atoms with E-state index in [1.165, 1.54) is 18.3 Å². The zero-order chi connectivity index (χ0) is 22.6. The first-order chi connectivity index (χ1) is 15.4. The van der Waals surface area contributed by atoms with Crippen molar-refractivity contribution in [2.45, 2.75) is 17.7 Å². The van der Waals surface area contributed by atoms with Crippen LogP contribution in [0.25, 0.3) is 0 Å². The molecule has 3 aromatic rings. The molecule has 2 aromatic carbocycles. The molecule has 1 fully saturated rings. The van der Waals surface area contributed by atoms with E-state index in [9.17, 15) is 18.0 Å². The Bertz CT molecular complexity index is 1220. The second kappa shape index (κ2) is 9.15. The van der Waals surface area contributed by atoms with Crippen LogP contribution >= 0.6 is 0 Å². The number of amides is 3. The molecule has 32 heavy (non-hydrogen) atoms. The number of nitrogens with zero attached hydrogens (tertiary/aromatic N) is 1. The van der Waals surface area contributed by atoms with Gasteiger partial charge in [-0.2, -0.15) is 0 Å². The number of aromatic nitrogens is 1. The molecule has 0 unspecified atom stereocenters. The van der Waals surface area contributed by atoms with Gasteiger partial charge in [-0.3, -0.25) is 9.52 Å². The van der Waals surface area contributed by atoms with Gasteiger partial charge in [-0.1, -0.05) is 24.3 Å². The predicted octanol–water partition coefficient (Wildman–Crippen LogP) is 3.70. The van der Waals surface area contributed by atoms with E-state index in [-0.39, 0.29) is 22.2 Å². The average Bonchev–Trinajstić information content (AvgIpc) is 3.47. The van der Waals surface area contributed by atoms with Gasteiger partial charge in [-0.05, 0) is 49.2 Å². The van der Waals surface area contributed by atoms with Gasteiger partial charge in [0.25, 0.3) is 15.9 Å². The minimum absolute atomic E-state index is 0.0415. The van der Waals surface area contributed by atoms with Crippen molar-refractivity contribution in [3.05, 3.63) is 72.6 Å². The highest BCUT2D eigenvalue weighted by molar-refractivity contribution is 7.92. The van der Waals surface area contributed by atoms with E-state index in [0.717, 1.165) is 12.8 Å². The molecule has 4 rings (SSSR count). The molecule has 0 spiro atoms. The van der Waals surface area contributed by atoms with E-state index in [1.54, 1.807) is 47.4 Å². The molecule has 1 aliphatic rings. The van der Waals surface area contributed by atoms with Crippen molar-refractivity contribution in [3.63, 3.8) is 0 Å². The zero-order valence-electron chi connectivity index (χ0n) is 17.2. The van der Waals surface area contributed by atoms with Gasteiger partial charge in [0, 0.05) is 30.7 Å². The Kier molecular flexibility index (Phi) is 6.13. The lowest BCUT2D eigenvalue weighted by Crippen LogP contribution is -2.27. The molecular weight excluding hydrogens is 430 g/mol. The van der Waals surface area contributed by atoms with Crippen molar-refractivity contribution < 1.29 is 18.0 Å². The number of anilines is 3. The monoisotopic (exact) mass is 453 g/mol. The second-order valence-corrected chi connectivity index (χ2v) is 9.06. The molecule has 3 amide bonds. The summed E-state index contributed by atoms with van der Waals surface area (Å²) in [6.07, 6.45) is 3.20. The van der Waals surface area contributed by atoms with Crippen LogP contribution in [0.5, 0.6) is 0 Å². The number of hydrogen-bond acceptors (Lipinski definition) is 4. The number of hydrogen-bond donors (Lipinski definition) is 4. The number of sulfonamides is 1. The number of nitrogens with one attached hydrogen (secondary N) is 4. The van der Waals surface area contributed by atoms with Crippen LogP contribution in [0.15, 0.2) is 71.8 Å². The number of aromatic amines is 1. The summed E-state index contributed by atoms with van der Waals surface area (Å²) in [5.74, 6) is -0.209. The van der Waals surface area contributed by atoms with Crippen molar-refractivity contribution in [1.29, 1.82) is 0 Å². The van der Waals surface area contributed by atoms with Gasteiger partial charge in [-0.25, -0.2) is 13.2 Å². The first-order valence-corrected chi connectivity index (χ1v) is 11.6. The molecule has 4 N–H and O–H groups in total. The maximum Gasteiger partial charge on any atom is 0.323 e. The van der Waals surface area contributed by atoms with Crippen LogP contribution in [0.3, 0.4) is 0 Å². The lowest BCUT2D eigenvalue weighted by molar-refractivity contribution is 0.0787. The third-order valence-electron chi connectivity index (χ3n) is 4.99. The van der Waals surface area contributed by atoms with Gasteiger partial charge in [0.05, 0.1) is 5.69 Å². The third-order valence-corrected chi connectivity index (χ3v) is 6.36. The number of urea groups is 1. The summed E-state index contributed by atoms with van der Waals surface area (Å²) in [6, 6.07) is 16.2. The van der Waals surface area contributed by atoms with Gasteiger partial charge in [0.2, 0.25) is 0 Å². The Morgan fingerprint density at radius 3 is 2.25 bits per heavy atom. The smallest absolute Gasteiger partial charge is 0.323 e. The van der Waals surface area contributed by atoms with Crippen molar-refractivity contribution in [1.82, 2.24) is 9.88 Å². The van der Waals surface area contributed by atoms with E-state index in [0.29, 0.717) is 24.5 Å². The Morgan fingerprint density at radius 2 is 1.50 bits per heavy atom. The summed E-state index contributed by atoms with van der Waals surface area (Å²) >= 11 is 0. The Hall–Kier alpha value is -3.79. The first-order valence-electron chi connectivity index (χ1n) is 10.1. The molecule has 1 saturated heterocycles. The second-order valence-electron chi connectivity index (χ2n) is 7.38. The molecule has 10 heteroatoms. The van der Waals surface area contributed by atoms with Crippen LogP contribution in [-0.2, 0) is 10.0 Å². The van der Waals surface area contributed by atoms with Gasteiger partial charge in [0.1, 0.15) is 10.6 Å². The number of H-pyrrole nitrogens is 1. The highest BCUT2D eigenvalue weighted by atomic mass is 32.2. The summed E-state index contributed by atoms with van der Waals surface area (Å²) in [4.78, 5) is 29.0. The summed E-state index contributed by atoms with van der Waals surface area (Å²) in [7, 11) is -3.92. The summed E-state index contributed by atoms with van der Waals surface area (Å²) in [5.41, 5.74) is 1.56. The van der Waals surface area contributed by atoms with Crippen LogP contribution in [-0.4, -0.2) is 43.3 Å². The van der Waals surface area contributed by atoms with Crippen LogP contribution in [0.1, 0.15) is 23.3 Å². The van der Waals surface area contributed by atoms with Gasteiger partial charge in [-0.15, -0.1) is 0 Å². The third kappa shape index (κ3) is 5.09. The molecule has 0 radical (unpaired) electrons. The lowest BCUT2D eigenvalue weighted by atomic mass is 10.3. The minimum Gasteiger partial charge on any atom is -0.356 e. The number of benzene rings is 2. The Labute approximate surface area is 185 Å². The number of para-hydroxylation sites is 1. The Balaban J connectivity index is 1.42. The summed E-state index contributed by atoms with van der Waals surface area (Å²) in [6.45, 7) is 1.35. The molecule has 0 bridgehead atoms. The molecule has 1 aromatic heterocycles. The molecule has 166 valence electrons. The number of carbonyl (C=O) groups is 2. The number of rotatable bonds is 6. The highest BCUT2D eigenvalue weighted by Gasteiger charge is 2.23. The maximum atomic E-state index is 12.8. The highest BCUT2D eigenvalue weighted by Crippen LogP contribution is 2.21. The Morgan fingerprint density at radius 1 is 0.844 bits per heavy atom. The molecule has 0 atom stereocenters. The van der Waals surface area contributed by atoms with Gasteiger partial charge < -0.3 is 20.5 Å². The maximum absolute atomic E-state index is 12.8. The number of likely N-dealkylation sites (tertiary alicyclic amines) is 1. The van der Waals surface area contributed by atoms with Crippen molar-refractivity contribution in [3.8, 4) is 0 Å². The normalized spacial score (nSPS) is 13.6. The average molecular weight is 454 g/mol. The molecule has 9 nitrogen and oxygen atoms in total. The van der Waals surface area contributed by atoms with Crippen molar-refractivity contribution >= 4 is 39.0 Å². The van der Waals surface area contributed by atoms with E-state index in [2.05, 4.69) is 20.3 Å². The fraction of sp³-hybridized carbons (Fsp3) is 0.182. The van der Waals surface area contributed by atoms with Crippen LogP contribution in [0, 0.1) is 0 Å². The van der Waals surface area contributed by atoms with E-state index in [4.69, 9.17) is 0 Å². The van der Waals surface area contributed by atoms with Gasteiger partial charge in [0.15, 0.2) is 0 Å². The fourth-order valence-electron chi connectivity index (χ4n) is 3.43. The predicted molar refractivity (Wildman–Crippen MR) is 122 cm³/mol. The van der Waals surface area contributed by atoms with E-state index in [1.807, 2.05) is 6.07 Å². The molecule has 2 heterocycles. The van der Waals surface area contributed by atoms with Crippen LogP contribution in [0.4, 0.5) is 21.9 Å². The summed E-state index contributed by atoms with van der Waals surface area (Å²) < 4.78 is 28.0. The van der Waals surface area contributed by atoms with E-state index >= 15 is 0 Å². The zero-order valence-corrected chi connectivity index (χ0v) is 18.0. The standard InChI is InChI=1S/C22H23N5O4S/c28-21(27-11-4-5-12-27)20-14-19(15-23-20)32(30,31)26-18-10-6-9-17(13-18)25-22(29)24-16-7-2-1-3-8-16/h1-3,6-10,13-15,23,26H,4-5,11-12H2,(H2,24,25,29). The number of carbonyl (C=O) groups excluding carboxylic acids is 2. The lowest BCUT2D eigenvalue weighted by Gasteiger charge is -2.13. The first kappa shape index (κ1) is 21.4. The van der Waals surface area contributed by atoms with Crippen molar-refractivity contribution in [2.75, 3.05) is 28.4 Å². The molecule has 0 saturated carbocycles. The van der Waals surface area contributed by atoms with Crippen LogP contribution < -0.4 is 15.4 Å². The quantitative estimate of drug-likeness (QED) is 0.454. The SMILES string of the molecule is O=C(Nc1ccccc1)Nc1cccc(NS(=O)(=O)c2c[nH]c(C(=O)N3CCCC3)c2)c1. The largest absolute Gasteiger partial charge is 0.356 e.